The van der Waals surface area contributed by atoms with Crippen LogP contribution in [0.25, 0.3) is 0 Å². The number of hydrogen-bond acceptors (Lipinski definition) is 2. The third-order valence-corrected chi connectivity index (χ3v) is 3.96. The summed E-state index contributed by atoms with van der Waals surface area (Å²) >= 11 is 0. The quantitative estimate of drug-likeness (QED) is 0.803. The molecule has 1 amide bonds. The summed E-state index contributed by atoms with van der Waals surface area (Å²) in [6.07, 6.45) is 3.27. The molecule has 2 atom stereocenters. The van der Waals surface area contributed by atoms with Crippen LogP contribution >= 0.6 is 0 Å². The molecular formula is C17H26N2O. The van der Waals surface area contributed by atoms with E-state index in [-0.39, 0.29) is 17.9 Å². The molecule has 1 aliphatic rings. The first-order chi connectivity index (χ1) is 9.61. The summed E-state index contributed by atoms with van der Waals surface area (Å²) in [6.45, 7) is 4.69. The second-order valence-electron chi connectivity index (χ2n) is 6.30. The highest BCUT2D eigenvalue weighted by molar-refractivity contribution is 5.79. The molecule has 3 heteroatoms. The summed E-state index contributed by atoms with van der Waals surface area (Å²) in [4.78, 5) is 12.4. The maximum Gasteiger partial charge on any atom is 0.224 e. The molecule has 0 heterocycles. The zero-order chi connectivity index (χ0) is 14.5. The molecule has 0 bridgehead atoms. The number of rotatable bonds is 7. The van der Waals surface area contributed by atoms with Crippen LogP contribution in [0.15, 0.2) is 30.3 Å². The molecule has 1 fully saturated rings. The summed E-state index contributed by atoms with van der Waals surface area (Å²) in [5, 5.41) is 3.23. The SMILES string of the molecule is CC(C)CC(CN)C(=O)NC(c1ccccc1)C1CC1. The Morgan fingerprint density at radius 3 is 2.45 bits per heavy atom. The van der Waals surface area contributed by atoms with Gasteiger partial charge in [-0.1, -0.05) is 44.2 Å². The Morgan fingerprint density at radius 2 is 1.95 bits per heavy atom. The van der Waals surface area contributed by atoms with Gasteiger partial charge in [0, 0.05) is 6.54 Å². The number of amides is 1. The predicted molar refractivity (Wildman–Crippen MR) is 82.0 cm³/mol. The van der Waals surface area contributed by atoms with Crippen LogP contribution in [0.2, 0.25) is 0 Å². The molecule has 20 heavy (non-hydrogen) atoms. The Kier molecular flexibility index (Phi) is 5.18. The first kappa shape index (κ1) is 15.0. The van der Waals surface area contributed by atoms with Crippen molar-refractivity contribution in [1.82, 2.24) is 5.32 Å². The molecule has 1 aliphatic carbocycles. The van der Waals surface area contributed by atoms with Gasteiger partial charge in [-0.15, -0.1) is 0 Å². The van der Waals surface area contributed by atoms with Crippen molar-refractivity contribution in [2.24, 2.45) is 23.5 Å². The fourth-order valence-electron chi connectivity index (χ4n) is 2.71. The monoisotopic (exact) mass is 274 g/mol. The standard InChI is InChI=1S/C17H26N2O/c1-12(2)10-15(11-18)17(20)19-16(14-8-9-14)13-6-4-3-5-7-13/h3-7,12,14-16H,8-11,18H2,1-2H3,(H,19,20). The number of benzene rings is 1. The number of nitrogens with one attached hydrogen (secondary N) is 1. The first-order valence-corrected chi connectivity index (χ1v) is 7.67. The van der Waals surface area contributed by atoms with Gasteiger partial charge in [-0.25, -0.2) is 0 Å². The van der Waals surface area contributed by atoms with Gasteiger partial charge >= 0.3 is 0 Å². The molecule has 2 unspecified atom stereocenters. The van der Waals surface area contributed by atoms with E-state index in [1.807, 2.05) is 18.2 Å². The van der Waals surface area contributed by atoms with Gasteiger partial charge in [0.05, 0.1) is 12.0 Å². The van der Waals surface area contributed by atoms with E-state index in [4.69, 9.17) is 5.73 Å². The largest absolute Gasteiger partial charge is 0.349 e. The van der Waals surface area contributed by atoms with Crippen LogP contribution in [0.1, 0.15) is 44.7 Å². The minimum absolute atomic E-state index is 0.0695. The summed E-state index contributed by atoms with van der Waals surface area (Å²) < 4.78 is 0. The molecule has 2 rings (SSSR count). The highest BCUT2D eigenvalue weighted by atomic mass is 16.2. The van der Waals surface area contributed by atoms with Crippen molar-refractivity contribution in [2.75, 3.05) is 6.54 Å². The predicted octanol–water partition coefficient (Wildman–Crippen LogP) is 2.87. The van der Waals surface area contributed by atoms with Gasteiger partial charge in [-0.3, -0.25) is 4.79 Å². The number of nitrogens with two attached hydrogens (primary N) is 1. The first-order valence-electron chi connectivity index (χ1n) is 7.67. The van der Waals surface area contributed by atoms with Gasteiger partial charge in [0.2, 0.25) is 5.91 Å². The van der Waals surface area contributed by atoms with Crippen LogP contribution in [0.4, 0.5) is 0 Å². The summed E-state index contributed by atoms with van der Waals surface area (Å²) in [6, 6.07) is 10.4. The second kappa shape index (κ2) is 6.89. The minimum Gasteiger partial charge on any atom is -0.349 e. The van der Waals surface area contributed by atoms with Crippen molar-refractivity contribution >= 4 is 5.91 Å². The lowest BCUT2D eigenvalue weighted by atomic mass is 9.95. The number of hydrogen-bond donors (Lipinski definition) is 2. The molecule has 0 radical (unpaired) electrons. The third-order valence-electron chi connectivity index (χ3n) is 3.96. The van der Waals surface area contributed by atoms with Crippen LogP contribution in [-0.2, 0) is 4.79 Å². The molecule has 0 spiro atoms. The summed E-state index contributed by atoms with van der Waals surface area (Å²) in [7, 11) is 0. The average molecular weight is 274 g/mol. The van der Waals surface area contributed by atoms with Crippen LogP contribution in [0.5, 0.6) is 0 Å². The smallest absolute Gasteiger partial charge is 0.224 e. The van der Waals surface area contributed by atoms with E-state index < -0.39 is 0 Å². The Bertz CT molecular complexity index is 426. The Morgan fingerprint density at radius 1 is 1.30 bits per heavy atom. The van der Waals surface area contributed by atoms with E-state index in [0.717, 1.165) is 6.42 Å². The highest BCUT2D eigenvalue weighted by Crippen LogP contribution is 2.41. The Labute approximate surface area is 121 Å². The van der Waals surface area contributed by atoms with Crippen molar-refractivity contribution in [1.29, 1.82) is 0 Å². The van der Waals surface area contributed by atoms with Crippen molar-refractivity contribution in [3.05, 3.63) is 35.9 Å². The second-order valence-corrected chi connectivity index (χ2v) is 6.30. The topological polar surface area (TPSA) is 55.1 Å². The third kappa shape index (κ3) is 4.07. The van der Waals surface area contributed by atoms with Crippen molar-refractivity contribution in [3.8, 4) is 0 Å². The molecule has 1 aromatic carbocycles. The van der Waals surface area contributed by atoms with E-state index in [2.05, 4.69) is 31.3 Å². The van der Waals surface area contributed by atoms with Crippen LogP contribution in [0, 0.1) is 17.8 Å². The fourth-order valence-corrected chi connectivity index (χ4v) is 2.71. The van der Waals surface area contributed by atoms with Gasteiger partial charge < -0.3 is 11.1 Å². The lowest BCUT2D eigenvalue weighted by molar-refractivity contribution is -0.126. The molecule has 0 saturated heterocycles. The van der Waals surface area contributed by atoms with Crippen molar-refractivity contribution in [2.45, 2.75) is 39.2 Å². The zero-order valence-electron chi connectivity index (χ0n) is 12.5. The van der Waals surface area contributed by atoms with E-state index in [1.165, 1.54) is 18.4 Å². The minimum atomic E-state index is -0.0695. The van der Waals surface area contributed by atoms with Crippen molar-refractivity contribution < 1.29 is 4.79 Å². The van der Waals surface area contributed by atoms with Crippen LogP contribution in [-0.4, -0.2) is 12.5 Å². The number of carbonyl (C=O) groups excluding carboxylic acids is 1. The lowest BCUT2D eigenvalue weighted by Crippen LogP contribution is -2.38. The maximum atomic E-state index is 12.4. The highest BCUT2D eigenvalue weighted by Gasteiger charge is 2.34. The molecular weight excluding hydrogens is 248 g/mol. The average Bonchev–Trinajstić information content (AvgIpc) is 3.27. The fraction of sp³-hybridized carbons (Fsp3) is 0.588. The normalized spacial score (nSPS) is 17.8. The van der Waals surface area contributed by atoms with Crippen LogP contribution < -0.4 is 11.1 Å². The molecule has 0 aliphatic heterocycles. The van der Waals surface area contributed by atoms with Gasteiger partial charge in [0.1, 0.15) is 0 Å². The van der Waals surface area contributed by atoms with E-state index in [0.29, 0.717) is 18.4 Å². The van der Waals surface area contributed by atoms with Gasteiger partial charge in [-0.2, -0.15) is 0 Å². The van der Waals surface area contributed by atoms with Gasteiger partial charge in [0.25, 0.3) is 0 Å². The molecule has 0 aromatic heterocycles. The molecule has 1 saturated carbocycles. The van der Waals surface area contributed by atoms with Crippen molar-refractivity contribution in [3.63, 3.8) is 0 Å². The van der Waals surface area contributed by atoms with E-state index in [1.54, 1.807) is 0 Å². The molecule has 3 nitrogen and oxygen atoms in total. The molecule has 110 valence electrons. The van der Waals surface area contributed by atoms with Gasteiger partial charge in [0.15, 0.2) is 0 Å². The Balaban J connectivity index is 2.03. The van der Waals surface area contributed by atoms with E-state index in [9.17, 15) is 4.79 Å². The number of carbonyl (C=O) groups is 1. The van der Waals surface area contributed by atoms with Crippen LogP contribution in [0.3, 0.4) is 0 Å². The van der Waals surface area contributed by atoms with Gasteiger partial charge in [-0.05, 0) is 36.7 Å². The lowest BCUT2D eigenvalue weighted by Gasteiger charge is -2.23. The zero-order valence-corrected chi connectivity index (χ0v) is 12.5. The molecule has 3 N–H and O–H groups in total. The molecule has 1 aromatic rings. The van der Waals surface area contributed by atoms with E-state index >= 15 is 0 Å². The summed E-state index contributed by atoms with van der Waals surface area (Å²) in [5.74, 6) is 1.13. The summed E-state index contributed by atoms with van der Waals surface area (Å²) in [5.41, 5.74) is 6.98. The Hall–Kier alpha value is -1.35. The maximum absolute atomic E-state index is 12.4.